The average molecular weight is 366 g/mol. The number of benzene rings is 2. The first-order valence-electron chi connectivity index (χ1n) is 6.66. The molecule has 0 bridgehead atoms. The number of amides is 1. The van der Waals surface area contributed by atoms with Gasteiger partial charge in [-0.3, -0.25) is 4.79 Å². The van der Waals surface area contributed by atoms with Crippen LogP contribution in [0, 0.1) is 5.82 Å². The van der Waals surface area contributed by atoms with Crippen molar-refractivity contribution in [2.75, 3.05) is 0 Å². The van der Waals surface area contributed by atoms with Crippen LogP contribution in [0.15, 0.2) is 41.3 Å². The number of nitrogens with zero attached hydrogens (tertiary/aromatic N) is 2. The minimum atomic E-state index is -4.02. The number of carbonyl (C=O) groups excluding carboxylic acids is 1. The van der Waals surface area contributed by atoms with Gasteiger partial charge in [-0.05, 0) is 35.9 Å². The maximum atomic E-state index is 13.8. The second-order valence-electron chi connectivity index (χ2n) is 4.96. The first-order valence-corrected chi connectivity index (χ1v) is 8.94. The molecule has 10 heteroatoms. The molecule has 0 fully saturated rings. The molecular weight excluding hydrogens is 355 g/mol. The highest BCUT2D eigenvalue weighted by Crippen LogP contribution is 2.16. The number of primary sulfonamides is 1. The molecule has 0 spiro atoms. The summed E-state index contributed by atoms with van der Waals surface area (Å²) in [6.45, 7) is 0.130. The molecule has 0 aliphatic carbocycles. The molecule has 0 aliphatic rings. The van der Waals surface area contributed by atoms with Crippen molar-refractivity contribution in [1.29, 1.82) is 0 Å². The summed E-state index contributed by atoms with van der Waals surface area (Å²) in [6.07, 6.45) is 0. The summed E-state index contributed by atoms with van der Waals surface area (Å²) < 4.78 is 44.6. The Hall–Kier alpha value is -2.43. The van der Waals surface area contributed by atoms with Gasteiger partial charge in [0.2, 0.25) is 10.0 Å². The molecule has 0 saturated heterocycles. The van der Waals surface area contributed by atoms with Gasteiger partial charge in [0.1, 0.15) is 16.9 Å². The summed E-state index contributed by atoms with van der Waals surface area (Å²) in [4.78, 5) is 11.8. The molecule has 124 valence electrons. The van der Waals surface area contributed by atoms with E-state index < -0.39 is 27.3 Å². The smallest absolute Gasteiger partial charge is 0.254 e. The van der Waals surface area contributed by atoms with E-state index >= 15 is 0 Å². The maximum absolute atomic E-state index is 13.8. The number of hydrogen-bond donors (Lipinski definition) is 2. The highest BCUT2D eigenvalue weighted by atomic mass is 32.2. The standard InChI is InChI=1S/C14H11FN4O3S2/c15-11-3-2-9(24(16,21)22)6-10(11)14(20)17-7-8-1-4-12-13(5-8)19-23-18-12/h1-6H,7H2,(H,17,20)(H2,16,21,22). The number of aromatic nitrogens is 2. The van der Waals surface area contributed by atoms with E-state index in [1.807, 2.05) is 0 Å². The van der Waals surface area contributed by atoms with Crippen LogP contribution < -0.4 is 10.5 Å². The summed E-state index contributed by atoms with van der Waals surface area (Å²) in [5.74, 6) is -1.58. The molecule has 1 aromatic heterocycles. The van der Waals surface area contributed by atoms with Gasteiger partial charge in [-0.1, -0.05) is 6.07 Å². The molecular formula is C14H11FN4O3S2. The lowest BCUT2D eigenvalue weighted by molar-refractivity contribution is 0.0946. The Morgan fingerprint density at radius 3 is 2.67 bits per heavy atom. The van der Waals surface area contributed by atoms with E-state index in [-0.39, 0.29) is 11.4 Å². The first-order chi connectivity index (χ1) is 11.3. The van der Waals surface area contributed by atoms with Crippen LogP contribution in [-0.4, -0.2) is 23.1 Å². The molecule has 3 N–H and O–H groups in total. The molecule has 1 heterocycles. The van der Waals surface area contributed by atoms with Crippen molar-refractivity contribution in [1.82, 2.24) is 14.1 Å². The van der Waals surface area contributed by atoms with E-state index in [2.05, 4.69) is 14.1 Å². The quantitative estimate of drug-likeness (QED) is 0.724. The Morgan fingerprint density at radius 1 is 1.17 bits per heavy atom. The Kier molecular flexibility index (Phi) is 4.26. The number of sulfonamides is 1. The van der Waals surface area contributed by atoms with Crippen molar-refractivity contribution < 1.29 is 17.6 Å². The molecule has 0 unspecified atom stereocenters. The molecule has 2 aromatic carbocycles. The molecule has 24 heavy (non-hydrogen) atoms. The normalized spacial score (nSPS) is 11.6. The van der Waals surface area contributed by atoms with Gasteiger partial charge >= 0.3 is 0 Å². The Balaban J connectivity index is 1.79. The molecule has 0 aliphatic heterocycles. The molecule has 0 atom stereocenters. The predicted molar refractivity (Wildman–Crippen MR) is 86.4 cm³/mol. The second kappa shape index (κ2) is 6.23. The molecule has 0 saturated carbocycles. The number of nitrogens with two attached hydrogens (primary N) is 1. The van der Waals surface area contributed by atoms with Gasteiger partial charge in [-0.15, -0.1) is 0 Å². The fourth-order valence-electron chi connectivity index (χ4n) is 2.07. The SMILES string of the molecule is NS(=O)(=O)c1ccc(F)c(C(=O)NCc2ccc3nsnc3c2)c1. The van der Waals surface area contributed by atoms with Gasteiger partial charge < -0.3 is 5.32 Å². The summed E-state index contributed by atoms with van der Waals surface area (Å²) in [6, 6.07) is 8.10. The van der Waals surface area contributed by atoms with Gasteiger partial charge in [0, 0.05) is 6.54 Å². The first kappa shape index (κ1) is 16.4. The minimum absolute atomic E-state index is 0.130. The van der Waals surface area contributed by atoms with Crippen LogP contribution in [-0.2, 0) is 16.6 Å². The summed E-state index contributed by atoms with van der Waals surface area (Å²) in [5.41, 5.74) is 1.82. The van der Waals surface area contributed by atoms with Crippen molar-refractivity contribution in [3.63, 3.8) is 0 Å². The van der Waals surface area contributed by atoms with E-state index in [9.17, 15) is 17.6 Å². The van der Waals surface area contributed by atoms with E-state index in [1.54, 1.807) is 18.2 Å². The molecule has 7 nitrogen and oxygen atoms in total. The molecule has 0 radical (unpaired) electrons. The monoisotopic (exact) mass is 366 g/mol. The number of carbonyl (C=O) groups is 1. The number of fused-ring (bicyclic) bond motifs is 1. The van der Waals surface area contributed by atoms with Crippen molar-refractivity contribution in [2.45, 2.75) is 11.4 Å². The van der Waals surface area contributed by atoms with Crippen molar-refractivity contribution in [3.05, 3.63) is 53.3 Å². The van der Waals surface area contributed by atoms with Gasteiger partial charge in [-0.25, -0.2) is 17.9 Å². The van der Waals surface area contributed by atoms with Crippen LogP contribution in [0.4, 0.5) is 4.39 Å². The number of nitrogens with one attached hydrogen (secondary N) is 1. The highest BCUT2D eigenvalue weighted by molar-refractivity contribution is 7.89. The summed E-state index contributed by atoms with van der Waals surface area (Å²) in [5, 5.41) is 7.52. The van der Waals surface area contributed by atoms with E-state index in [4.69, 9.17) is 5.14 Å². The van der Waals surface area contributed by atoms with Crippen molar-refractivity contribution in [3.8, 4) is 0 Å². The van der Waals surface area contributed by atoms with Crippen LogP contribution in [0.2, 0.25) is 0 Å². The molecule has 3 aromatic rings. The van der Waals surface area contributed by atoms with E-state index in [1.165, 1.54) is 0 Å². The predicted octanol–water partition coefficient (Wildman–Crippen LogP) is 1.41. The number of halogens is 1. The zero-order chi connectivity index (χ0) is 17.3. The summed E-state index contributed by atoms with van der Waals surface area (Å²) in [7, 11) is -4.02. The largest absolute Gasteiger partial charge is 0.348 e. The van der Waals surface area contributed by atoms with Gasteiger partial charge in [0.05, 0.1) is 22.2 Å². The van der Waals surface area contributed by atoms with Crippen LogP contribution in [0.3, 0.4) is 0 Å². The highest BCUT2D eigenvalue weighted by Gasteiger charge is 2.16. The lowest BCUT2D eigenvalue weighted by Gasteiger charge is -2.08. The Morgan fingerprint density at radius 2 is 1.92 bits per heavy atom. The zero-order valence-corrected chi connectivity index (χ0v) is 13.7. The van der Waals surface area contributed by atoms with Crippen molar-refractivity contribution in [2.24, 2.45) is 5.14 Å². The fourth-order valence-corrected chi connectivity index (χ4v) is 3.13. The Labute approximate surface area is 140 Å². The number of rotatable bonds is 4. The Bertz CT molecular complexity index is 1030. The topological polar surface area (TPSA) is 115 Å². The third-order valence-electron chi connectivity index (χ3n) is 3.28. The van der Waals surface area contributed by atoms with Gasteiger partial charge in [0.15, 0.2) is 0 Å². The average Bonchev–Trinajstić information content (AvgIpc) is 2.99. The van der Waals surface area contributed by atoms with Crippen LogP contribution >= 0.6 is 11.7 Å². The van der Waals surface area contributed by atoms with Crippen molar-refractivity contribution >= 4 is 38.7 Å². The molecule has 1 amide bonds. The van der Waals surface area contributed by atoms with Crippen LogP contribution in [0.1, 0.15) is 15.9 Å². The lowest BCUT2D eigenvalue weighted by Crippen LogP contribution is -2.24. The lowest BCUT2D eigenvalue weighted by atomic mass is 10.1. The van der Waals surface area contributed by atoms with E-state index in [0.717, 1.165) is 41.0 Å². The van der Waals surface area contributed by atoms with E-state index in [0.29, 0.717) is 5.52 Å². The third-order valence-corrected chi connectivity index (χ3v) is 4.75. The van der Waals surface area contributed by atoms with Gasteiger partial charge in [-0.2, -0.15) is 8.75 Å². The van der Waals surface area contributed by atoms with Gasteiger partial charge in [0.25, 0.3) is 5.91 Å². The minimum Gasteiger partial charge on any atom is -0.348 e. The van der Waals surface area contributed by atoms with Crippen LogP contribution in [0.5, 0.6) is 0 Å². The zero-order valence-electron chi connectivity index (χ0n) is 12.1. The maximum Gasteiger partial charge on any atom is 0.254 e. The fraction of sp³-hybridized carbons (Fsp3) is 0.0714. The third kappa shape index (κ3) is 3.40. The second-order valence-corrected chi connectivity index (χ2v) is 7.05. The van der Waals surface area contributed by atoms with Crippen LogP contribution in [0.25, 0.3) is 11.0 Å². The summed E-state index contributed by atoms with van der Waals surface area (Å²) >= 11 is 1.08. The number of hydrogen-bond acceptors (Lipinski definition) is 6. The molecule has 3 rings (SSSR count).